The van der Waals surface area contributed by atoms with Gasteiger partial charge in [0.1, 0.15) is 0 Å². The quantitative estimate of drug-likeness (QED) is 0.749. The van der Waals surface area contributed by atoms with Gasteiger partial charge in [0.15, 0.2) is 11.5 Å². The summed E-state index contributed by atoms with van der Waals surface area (Å²) in [7, 11) is 1.90. The fourth-order valence-corrected chi connectivity index (χ4v) is 2.02. The van der Waals surface area contributed by atoms with Gasteiger partial charge >= 0.3 is 5.97 Å². The first kappa shape index (κ1) is 10.6. The number of carbonyl (C=O) groups is 1. The molecule has 0 unspecified atom stereocenters. The van der Waals surface area contributed by atoms with E-state index < -0.39 is 5.97 Å². The average molecular weight is 242 g/mol. The lowest BCUT2D eigenvalue weighted by Gasteiger charge is -1.99. The minimum Gasteiger partial charge on any atom is -0.476 e. The van der Waals surface area contributed by atoms with E-state index in [1.807, 2.05) is 41.9 Å². The zero-order chi connectivity index (χ0) is 12.7. The van der Waals surface area contributed by atoms with Crippen molar-refractivity contribution >= 4 is 16.9 Å². The van der Waals surface area contributed by atoms with Gasteiger partial charge in [0.2, 0.25) is 0 Å². The molecule has 0 bridgehead atoms. The van der Waals surface area contributed by atoms with E-state index in [-0.39, 0.29) is 5.69 Å². The van der Waals surface area contributed by atoms with Crippen LogP contribution >= 0.6 is 0 Å². The molecule has 1 aromatic carbocycles. The number of aromatic nitrogens is 2. The summed E-state index contributed by atoms with van der Waals surface area (Å²) in [6.07, 6.45) is 0. The van der Waals surface area contributed by atoms with E-state index in [0.717, 1.165) is 16.6 Å². The first-order valence-electron chi connectivity index (χ1n) is 5.41. The smallest absolute Gasteiger partial charge is 0.358 e. The highest BCUT2D eigenvalue weighted by Crippen LogP contribution is 2.27. The largest absolute Gasteiger partial charge is 0.476 e. The standard InChI is InChI=1S/C13H10N2O3/c1-15-10-5-3-2-4-8(10)6-11(15)12-7-9(13(16)17)14-18-12/h2-7H,1H3,(H,16,17). The predicted octanol–water partition coefficient (Wildman–Crippen LogP) is 2.53. The van der Waals surface area contributed by atoms with E-state index in [2.05, 4.69) is 5.16 Å². The highest BCUT2D eigenvalue weighted by Gasteiger charge is 2.15. The van der Waals surface area contributed by atoms with Crippen LogP contribution in [-0.4, -0.2) is 20.8 Å². The molecule has 0 saturated carbocycles. The van der Waals surface area contributed by atoms with Crippen LogP contribution < -0.4 is 0 Å². The number of fused-ring (bicyclic) bond motifs is 1. The molecule has 5 heteroatoms. The third kappa shape index (κ3) is 1.48. The zero-order valence-electron chi connectivity index (χ0n) is 9.62. The molecule has 0 aliphatic heterocycles. The topological polar surface area (TPSA) is 68.3 Å². The van der Waals surface area contributed by atoms with Gasteiger partial charge in [-0.05, 0) is 12.1 Å². The summed E-state index contributed by atoms with van der Waals surface area (Å²) >= 11 is 0. The summed E-state index contributed by atoms with van der Waals surface area (Å²) in [5.41, 5.74) is 1.77. The van der Waals surface area contributed by atoms with E-state index in [0.29, 0.717) is 5.76 Å². The van der Waals surface area contributed by atoms with E-state index in [4.69, 9.17) is 9.63 Å². The number of benzene rings is 1. The number of rotatable bonds is 2. The second kappa shape index (κ2) is 3.73. The van der Waals surface area contributed by atoms with Crippen molar-refractivity contribution in [3.05, 3.63) is 42.1 Å². The molecule has 0 spiro atoms. The van der Waals surface area contributed by atoms with Crippen LogP contribution in [0.2, 0.25) is 0 Å². The van der Waals surface area contributed by atoms with Crippen LogP contribution in [0.15, 0.2) is 40.9 Å². The molecule has 0 fully saturated rings. The van der Waals surface area contributed by atoms with Gasteiger partial charge in [0.05, 0.1) is 5.69 Å². The first-order valence-corrected chi connectivity index (χ1v) is 5.41. The fourth-order valence-electron chi connectivity index (χ4n) is 2.02. The van der Waals surface area contributed by atoms with Gasteiger partial charge in [-0.15, -0.1) is 0 Å². The number of carboxylic acids is 1. The van der Waals surface area contributed by atoms with Crippen molar-refractivity contribution in [1.29, 1.82) is 0 Å². The van der Waals surface area contributed by atoms with Gasteiger partial charge in [0, 0.05) is 24.0 Å². The molecule has 90 valence electrons. The van der Waals surface area contributed by atoms with Crippen molar-refractivity contribution in [3.8, 4) is 11.5 Å². The van der Waals surface area contributed by atoms with Crippen LogP contribution in [-0.2, 0) is 7.05 Å². The van der Waals surface area contributed by atoms with Crippen molar-refractivity contribution < 1.29 is 14.4 Å². The maximum Gasteiger partial charge on any atom is 0.358 e. The molecule has 0 aliphatic rings. The van der Waals surface area contributed by atoms with Gasteiger partial charge < -0.3 is 14.2 Å². The Kier molecular flexibility index (Phi) is 2.19. The number of hydrogen-bond donors (Lipinski definition) is 1. The predicted molar refractivity (Wildman–Crippen MR) is 65.4 cm³/mol. The Labute approximate surface area is 102 Å². The van der Waals surface area contributed by atoms with Crippen molar-refractivity contribution in [2.24, 2.45) is 7.05 Å². The third-order valence-electron chi connectivity index (χ3n) is 2.93. The van der Waals surface area contributed by atoms with Crippen LogP contribution in [0, 0.1) is 0 Å². The van der Waals surface area contributed by atoms with Crippen LogP contribution in [0.4, 0.5) is 0 Å². The Morgan fingerprint density at radius 3 is 2.78 bits per heavy atom. The molecule has 0 atom stereocenters. The Morgan fingerprint density at radius 1 is 1.33 bits per heavy atom. The number of aryl methyl sites for hydroxylation is 1. The zero-order valence-corrected chi connectivity index (χ0v) is 9.62. The molecular formula is C13H10N2O3. The van der Waals surface area contributed by atoms with Gasteiger partial charge in [-0.2, -0.15) is 0 Å². The minimum absolute atomic E-state index is 0.0877. The monoisotopic (exact) mass is 242 g/mol. The highest BCUT2D eigenvalue weighted by molar-refractivity contribution is 5.89. The Bertz CT molecular complexity index is 740. The molecule has 2 aromatic heterocycles. The Morgan fingerprint density at radius 2 is 2.11 bits per heavy atom. The molecule has 18 heavy (non-hydrogen) atoms. The molecule has 0 amide bonds. The second-order valence-corrected chi connectivity index (χ2v) is 4.03. The molecule has 2 heterocycles. The summed E-state index contributed by atoms with van der Waals surface area (Å²) in [6, 6.07) is 11.3. The molecule has 5 nitrogen and oxygen atoms in total. The summed E-state index contributed by atoms with van der Waals surface area (Å²) in [5.74, 6) is -0.644. The molecule has 0 radical (unpaired) electrons. The van der Waals surface area contributed by atoms with E-state index >= 15 is 0 Å². The molecule has 0 saturated heterocycles. The lowest BCUT2D eigenvalue weighted by molar-refractivity contribution is 0.0686. The number of para-hydroxylation sites is 1. The van der Waals surface area contributed by atoms with Crippen LogP contribution in [0.1, 0.15) is 10.5 Å². The van der Waals surface area contributed by atoms with E-state index in [1.54, 1.807) is 0 Å². The lowest BCUT2D eigenvalue weighted by atomic mass is 10.2. The highest BCUT2D eigenvalue weighted by atomic mass is 16.5. The molecule has 3 rings (SSSR count). The fraction of sp³-hybridized carbons (Fsp3) is 0.0769. The van der Waals surface area contributed by atoms with E-state index in [9.17, 15) is 4.79 Å². The van der Waals surface area contributed by atoms with Gasteiger partial charge in [0.25, 0.3) is 0 Å². The minimum atomic E-state index is -1.09. The van der Waals surface area contributed by atoms with Crippen molar-refractivity contribution in [1.82, 2.24) is 9.72 Å². The SMILES string of the molecule is Cn1c(-c2cc(C(=O)O)no2)cc2ccccc21. The number of nitrogens with zero attached hydrogens (tertiary/aromatic N) is 2. The average Bonchev–Trinajstić information content (AvgIpc) is 2.95. The summed E-state index contributed by atoms with van der Waals surface area (Å²) in [5, 5.41) is 13.4. The maximum atomic E-state index is 10.8. The Balaban J connectivity index is 2.18. The molecule has 1 N–H and O–H groups in total. The summed E-state index contributed by atoms with van der Waals surface area (Å²) in [6.45, 7) is 0. The normalized spacial score (nSPS) is 10.9. The molecule has 3 aromatic rings. The third-order valence-corrected chi connectivity index (χ3v) is 2.93. The summed E-state index contributed by atoms with van der Waals surface area (Å²) in [4.78, 5) is 10.8. The Hall–Kier alpha value is -2.56. The van der Waals surface area contributed by atoms with Crippen LogP contribution in [0.3, 0.4) is 0 Å². The van der Waals surface area contributed by atoms with Crippen LogP contribution in [0.5, 0.6) is 0 Å². The number of hydrogen-bond acceptors (Lipinski definition) is 3. The van der Waals surface area contributed by atoms with Crippen molar-refractivity contribution in [3.63, 3.8) is 0 Å². The van der Waals surface area contributed by atoms with Gasteiger partial charge in [-0.3, -0.25) is 0 Å². The van der Waals surface area contributed by atoms with Crippen LogP contribution in [0.25, 0.3) is 22.4 Å². The number of aromatic carboxylic acids is 1. The van der Waals surface area contributed by atoms with Crippen molar-refractivity contribution in [2.75, 3.05) is 0 Å². The van der Waals surface area contributed by atoms with Gasteiger partial charge in [-0.1, -0.05) is 23.4 Å². The molecular weight excluding hydrogens is 232 g/mol. The molecule has 0 aliphatic carbocycles. The number of carboxylic acid groups (broad SMARTS) is 1. The summed E-state index contributed by atoms with van der Waals surface area (Å²) < 4.78 is 7.02. The second-order valence-electron chi connectivity index (χ2n) is 4.03. The lowest BCUT2D eigenvalue weighted by Crippen LogP contribution is -1.94. The first-order chi connectivity index (χ1) is 8.66. The van der Waals surface area contributed by atoms with Gasteiger partial charge in [-0.25, -0.2) is 4.79 Å². The van der Waals surface area contributed by atoms with Crippen molar-refractivity contribution in [2.45, 2.75) is 0 Å². The maximum absolute atomic E-state index is 10.8. The van der Waals surface area contributed by atoms with E-state index in [1.165, 1.54) is 6.07 Å².